The lowest BCUT2D eigenvalue weighted by atomic mass is 9.73. The van der Waals surface area contributed by atoms with Crippen LogP contribution in [0.15, 0.2) is 34.8 Å². The summed E-state index contributed by atoms with van der Waals surface area (Å²) in [5.74, 6) is -2.87. The van der Waals surface area contributed by atoms with Crippen molar-refractivity contribution in [3.8, 4) is 0 Å². The van der Waals surface area contributed by atoms with Gasteiger partial charge in [-0.25, -0.2) is 4.98 Å². The Morgan fingerprint density at radius 1 is 1.25 bits per heavy atom. The van der Waals surface area contributed by atoms with Crippen LogP contribution in [-0.4, -0.2) is 70.4 Å². The Kier molecular flexibility index (Phi) is 11.9. The molecule has 0 saturated carbocycles. The highest BCUT2D eigenvalue weighted by atomic mass is 32.1. The second-order valence-electron chi connectivity index (χ2n) is 11.3. The third kappa shape index (κ3) is 9.36. The zero-order chi connectivity index (χ0) is 30.4. The number of nitrogens with zero attached hydrogens (tertiary/aromatic N) is 2. The zero-order valence-electron chi connectivity index (χ0n) is 24.2. The lowest BCUT2D eigenvalue weighted by molar-refractivity contribution is -0.154. The summed E-state index contributed by atoms with van der Waals surface area (Å²) in [6.45, 7) is 8.38. The SMILES string of the molecule is C/C(=C\c1csc(CN(C)C)n1)C1C/C=C(/C(F)(F)F)C/C=C/C(C)C(O)[C@@H](C)C(=O)C(C)(C)[C@@H](O)CC(=O)O1. The number of Topliss-reactive ketones (excluding diaryl/α,β-unsaturated/α-hetero) is 1. The average Bonchev–Trinajstić information content (AvgIpc) is 3.27. The maximum absolute atomic E-state index is 13.9. The number of carbonyl (C=O) groups excluding carboxylic acids is 2. The van der Waals surface area contributed by atoms with Gasteiger partial charge < -0.3 is 19.8 Å². The molecule has 0 saturated heterocycles. The van der Waals surface area contributed by atoms with Gasteiger partial charge in [-0.15, -0.1) is 11.3 Å². The number of allylic oxidation sites excluding steroid dienone is 2. The summed E-state index contributed by atoms with van der Waals surface area (Å²) >= 11 is 1.44. The molecule has 0 bridgehead atoms. The molecule has 1 aliphatic heterocycles. The van der Waals surface area contributed by atoms with Crippen molar-refractivity contribution in [2.24, 2.45) is 17.3 Å². The quantitative estimate of drug-likeness (QED) is 0.363. The lowest BCUT2D eigenvalue weighted by Crippen LogP contribution is -2.45. The molecule has 0 aromatic carbocycles. The summed E-state index contributed by atoms with van der Waals surface area (Å²) in [6.07, 6.45) is -4.07. The van der Waals surface area contributed by atoms with E-state index in [0.717, 1.165) is 11.1 Å². The minimum absolute atomic E-state index is 0.251. The van der Waals surface area contributed by atoms with E-state index in [1.807, 2.05) is 24.4 Å². The Bertz CT molecular complexity index is 1120. The van der Waals surface area contributed by atoms with Gasteiger partial charge in [-0.3, -0.25) is 9.59 Å². The normalized spacial score (nSPS) is 30.1. The van der Waals surface area contributed by atoms with Gasteiger partial charge in [0.05, 0.1) is 29.7 Å². The summed E-state index contributed by atoms with van der Waals surface area (Å²) in [4.78, 5) is 32.6. The summed E-state index contributed by atoms with van der Waals surface area (Å²) in [7, 11) is 3.82. The van der Waals surface area contributed by atoms with Crippen molar-refractivity contribution in [2.45, 2.75) is 84.9 Å². The number of hydrogen-bond acceptors (Lipinski definition) is 8. The molecule has 40 heavy (non-hydrogen) atoms. The van der Waals surface area contributed by atoms with Crippen molar-refractivity contribution in [1.82, 2.24) is 9.88 Å². The van der Waals surface area contributed by atoms with E-state index in [0.29, 0.717) is 17.8 Å². The fraction of sp³-hybridized carbons (Fsp3) is 0.621. The van der Waals surface area contributed by atoms with Gasteiger partial charge in [0, 0.05) is 35.8 Å². The second-order valence-corrected chi connectivity index (χ2v) is 12.3. The third-order valence-corrected chi connectivity index (χ3v) is 8.04. The number of carbonyl (C=O) groups is 2. The van der Waals surface area contributed by atoms with Gasteiger partial charge in [0.2, 0.25) is 0 Å². The number of aromatic nitrogens is 1. The molecule has 1 aromatic heterocycles. The molecule has 7 nitrogen and oxygen atoms in total. The maximum Gasteiger partial charge on any atom is 0.412 e. The number of ether oxygens (including phenoxy) is 1. The molecule has 0 spiro atoms. The Morgan fingerprint density at radius 3 is 2.50 bits per heavy atom. The smallest absolute Gasteiger partial charge is 0.412 e. The van der Waals surface area contributed by atoms with Crippen LogP contribution >= 0.6 is 11.3 Å². The monoisotopic (exact) mass is 586 g/mol. The minimum Gasteiger partial charge on any atom is -0.457 e. The first-order valence-electron chi connectivity index (χ1n) is 13.2. The number of hydrogen-bond donors (Lipinski definition) is 2. The molecule has 2 N–H and O–H groups in total. The number of ketones is 1. The predicted octanol–water partition coefficient (Wildman–Crippen LogP) is 5.34. The molecule has 11 heteroatoms. The number of esters is 1. The van der Waals surface area contributed by atoms with E-state index in [-0.39, 0.29) is 6.42 Å². The largest absolute Gasteiger partial charge is 0.457 e. The Labute approximate surface area is 238 Å². The molecular weight excluding hydrogens is 545 g/mol. The van der Waals surface area contributed by atoms with Gasteiger partial charge >= 0.3 is 12.1 Å². The fourth-order valence-electron chi connectivity index (χ4n) is 4.46. The van der Waals surface area contributed by atoms with E-state index in [4.69, 9.17) is 4.74 Å². The van der Waals surface area contributed by atoms with Crippen LogP contribution in [0, 0.1) is 17.3 Å². The van der Waals surface area contributed by atoms with Gasteiger partial charge in [-0.2, -0.15) is 13.2 Å². The van der Waals surface area contributed by atoms with Crippen molar-refractivity contribution < 1.29 is 37.7 Å². The number of halogens is 3. The first-order valence-corrected chi connectivity index (χ1v) is 14.1. The summed E-state index contributed by atoms with van der Waals surface area (Å²) < 4.78 is 47.1. The van der Waals surface area contributed by atoms with Crippen LogP contribution in [0.25, 0.3) is 6.08 Å². The maximum atomic E-state index is 13.9. The second kappa shape index (κ2) is 14.0. The molecule has 3 unspecified atom stereocenters. The number of cyclic esters (lactones) is 1. The molecule has 224 valence electrons. The van der Waals surface area contributed by atoms with E-state index in [1.54, 1.807) is 19.9 Å². The summed E-state index contributed by atoms with van der Waals surface area (Å²) in [6, 6.07) is 0. The lowest BCUT2D eigenvalue weighted by Gasteiger charge is -2.34. The standard InChI is InChI=1S/C29H41F3N2O5S/c1-17-9-8-10-20(29(30,31)32)11-12-22(18(2)13-21-16-40-24(33-21)15-34(6)7)39-25(36)14-23(35)28(4,5)27(38)19(3)26(17)37/h8-9,11,13,16-17,19,22-23,26,35,37H,10,12,14-15H2,1-7H3/b9-8+,18-13+,20-11+/t17?,19-,22?,23+,26?/m1/s1. The Balaban J connectivity index is 2.49. The first-order chi connectivity index (χ1) is 18.4. The molecule has 0 fully saturated rings. The van der Waals surface area contributed by atoms with Gasteiger partial charge in [0.15, 0.2) is 0 Å². The van der Waals surface area contributed by atoms with Crippen molar-refractivity contribution in [3.63, 3.8) is 0 Å². The van der Waals surface area contributed by atoms with Crippen LogP contribution in [0.1, 0.15) is 64.6 Å². The molecule has 2 rings (SSSR count). The highest BCUT2D eigenvalue weighted by Crippen LogP contribution is 2.33. The van der Waals surface area contributed by atoms with Gasteiger partial charge in [-0.05, 0) is 39.1 Å². The van der Waals surface area contributed by atoms with Crippen LogP contribution < -0.4 is 0 Å². The van der Waals surface area contributed by atoms with Crippen molar-refractivity contribution >= 4 is 29.2 Å². The molecule has 0 radical (unpaired) electrons. The van der Waals surface area contributed by atoms with Gasteiger partial charge in [-0.1, -0.05) is 45.9 Å². The van der Waals surface area contributed by atoms with E-state index in [2.05, 4.69) is 4.98 Å². The number of aliphatic hydroxyl groups excluding tert-OH is 2. The highest BCUT2D eigenvalue weighted by Gasteiger charge is 2.42. The summed E-state index contributed by atoms with van der Waals surface area (Å²) in [5, 5.41) is 24.2. The van der Waals surface area contributed by atoms with Crippen LogP contribution in [0.3, 0.4) is 0 Å². The van der Waals surface area contributed by atoms with Gasteiger partial charge in [0.25, 0.3) is 0 Å². The molecule has 5 atom stereocenters. The van der Waals surface area contributed by atoms with E-state index in [1.165, 1.54) is 44.3 Å². The van der Waals surface area contributed by atoms with Crippen LogP contribution in [0.5, 0.6) is 0 Å². The van der Waals surface area contributed by atoms with Crippen molar-refractivity contribution in [2.75, 3.05) is 14.1 Å². The Hall–Kier alpha value is -2.34. The molecule has 2 heterocycles. The molecular formula is C29H41F3N2O5S. The Morgan fingerprint density at radius 2 is 1.90 bits per heavy atom. The number of rotatable bonds is 4. The minimum atomic E-state index is -4.62. The molecule has 1 aliphatic rings. The number of thiazole rings is 1. The van der Waals surface area contributed by atoms with Crippen LogP contribution in [0.4, 0.5) is 13.2 Å². The van der Waals surface area contributed by atoms with Crippen LogP contribution in [-0.2, 0) is 20.9 Å². The van der Waals surface area contributed by atoms with Crippen molar-refractivity contribution in [3.05, 3.63) is 45.5 Å². The summed E-state index contributed by atoms with van der Waals surface area (Å²) in [5.41, 5.74) is -1.12. The fourth-order valence-corrected chi connectivity index (χ4v) is 5.32. The first kappa shape index (κ1) is 33.9. The topological polar surface area (TPSA) is 100.0 Å². The molecule has 0 amide bonds. The highest BCUT2D eigenvalue weighted by molar-refractivity contribution is 7.09. The molecule has 1 aromatic rings. The number of alkyl halides is 3. The van der Waals surface area contributed by atoms with Crippen molar-refractivity contribution in [1.29, 1.82) is 0 Å². The van der Waals surface area contributed by atoms with E-state index >= 15 is 0 Å². The van der Waals surface area contributed by atoms with E-state index in [9.17, 15) is 33.0 Å². The zero-order valence-corrected chi connectivity index (χ0v) is 25.0. The third-order valence-electron chi connectivity index (χ3n) is 7.19. The van der Waals surface area contributed by atoms with Gasteiger partial charge in [0.1, 0.15) is 16.9 Å². The van der Waals surface area contributed by atoms with E-state index < -0.39 is 71.9 Å². The number of aliphatic hydroxyl groups is 2. The van der Waals surface area contributed by atoms with Crippen LogP contribution in [0.2, 0.25) is 0 Å². The molecule has 0 aliphatic carbocycles. The predicted molar refractivity (Wildman–Crippen MR) is 149 cm³/mol. The average molecular weight is 587 g/mol.